The molecule has 0 unspecified atom stereocenters. The van der Waals surface area contributed by atoms with Gasteiger partial charge in [-0.15, -0.1) is 0 Å². The first kappa shape index (κ1) is 13.2. The van der Waals surface area contributed by atoms with E-state index in [0.29, 0.717) is 11.4 Å². The Morgan fingerprint density at radius 2 is 2.00 bits per heavy atom. The van der Waals surface area contributed by atoms with Crippen LogP contribution in [0.1, 0.15) is 12.8 Å². The molecule has 1 aromatic carbocycles. The van der Waals surface area contributed by atoms with Crippen LogP contribution in [0.2, 0.25) is 0 Å². The number of nitrogen functional groups attached to an aromatic ring is 1. The fourth-order valence-electron chi connectivity index (χ4n) is 1.89. The van der Waals surface area contributed by atoms with Crippen LogP contribution in [-0.2, 0) is 10.0 Å². The summed E-state index contributed by atoms with van der Waals surface area (Å²) in [5, 5.41) is 9.06. The van der Waals surface area contributed by atoms with E-state index in [4.69, 9.17) is 10.8 Å². The molecule has 1 aliphatic rings. The van der Waals surface area contributed by atoms with Crippen molar-refractivity contribution in [2.24, 2.45) is 5.92 Å². The molecular formula is C12H18N2O3S. The molecule has 1 aliphatic carbocycles. The van der Waals surface area contributed by atoms with Crippen molar-refractivity contribution in [2.75, 3.05) is 28.9 Å². The number of nitrogens with two attached hydrogens (primary N) is 1. The van der Waals surface area contributed by atoms with E-state index in [-0.39, 0.29) is 24.8 Å². The summed E-state index contributed by atoms with van der Waals surface area (Å²) in [4.78, 5) is 0. The Kier molecular flexibility index (Phi) is 3.77. The van der Waals surface area contributed by atoms with Crippen LogP contribution in [0.3, 0.4) is 0 Å². The Morgan fingerprint density at radius 3 is 2.56 bits per heavy atom. The van der Waals surface area contributed by atoms with Crippen molar-refractivity contribution >= 4 is 21.4 Å². The van der Waals surface area contributed by atoms with Crippen molar-refractivity contribution in [3.05, 3.63) is 24.3 Å². The molecule has 3 N–H and O–H groups in total. The van der Waals surface area contributed by atoms with Crippen molar-refractivity contribution < 1.29 is 13.5 Å². The number of hydrogen-bond donors (Lipinski definition) is 2. The quantitative estimate of drug-likeness (QED) is 0.749. The summed E-state index contributed by atoms with van der Waals surface area (Å²) in [5.41, 5.74) is 6.67. The van der Waals surface area contributed by atoms with Gasteiger partial charge in [0.25, 0.3) is 0 Å². The highest BCUT2D eigenvalue weighted by Crippen LogP contribution is 2.33. The van der Waals surface area contributed by atoms with Crippen LogP contribution in [-0.4, -0.2) is 32.4 Å². The molecule has 0 aliphatic heterocycles. The van der Waals surface area contributed by atoms with E-state index in [2.05, 4.69) is 0 Å². The summed E-state index contributed by atoms with van der Waals surface area (Å²) in [5.74, 6) is 0.405. The smallest absolute Gasteiger partial charge is 0.235 e. The van der Waals surface area contributed by atoms with Crippen LogP contribution in [0.15, 0.2) is 24.3 Å². The number of rotatable bonds is 6. The number of aliphatic hydroxyl groups excluding tert-OH is 1. The van der Waals surface area contributed by atoms with Crippen LogP contribution in [0, 0.1) is 5.92 Å². The molecule has 5 nitrogen and oxygen atoms in total. The Labute approximate surface area is 107 Å². The van der Waals surface area contributed by atoms with Crippen molar-refractivity contribution in [2.45, 2.75) is 12.8 Å². The number of para-hydroxylation sites is 2. The van der Waals surface area contributed by atoms with Crippen LogP contribution >= 0.6 is 0 Å². The highest BCUT2D eigenvalue weighted by molar-refractivity contribution is 7.92. The Bertz CT molecular complexity index is 512. The predicted octanol–water partition coefficient (Wildman–Crippen LogP) is 0.807. The topological polar surface area (TPSA) is 83.6 Å². The molecule has 0 amide bonds. The van der Waals surface area contributed by atoms with Gasteiger partial charge in [-0.05, 0) is 30.9 Å². The second kappa shape index (κ2) is 5.16. The minimum atomic E-state index is -3.40. The highest BCUT2D eigenvalue weighted by Gasteiger charge is 2.32. The molecule has 2 rings (SSSR count). The molecule has 1 fully saturated rings. The molecule has 100 valence electrons. The van der Waals surface area contributed by atoms with Gasteiger partial charge >= 0.3 is 0 Å². The van der Waals surface area contributed by atoms with Crippen LogP contribution < -0.4 is 10.0 Å². The molecule has 0 radical (unpaired) electrons. The number of anilines is 2. The van der Waals surface area contributed by atoms with Gasteiger partial charge in [0.2, 0.25) is 10.0 Å². The number of sulfonamides is 1. The second-order valence-corrected chi connectivity index (χ2v) is 6.51. The number of benzene rings is 1. The fraction of sp³-hybridized carbons (Fsp3) is 0.500. The Morgan fingerprint density at radius 1 is 1.33 bits per heavy atom. The van der Waals surface area contributed by atoms with E-state index < -0.39 is 10.0 Å². The number of nitrogens with zero attached hydrogens (tertiary/aromatic N) is 1. The fourth-order valence-corrected chi connectivity index (χ4v) is 3.82. The zero-order chi connectivity index (χ0) is 13.2. The third kappa shape index (κ3) is 2.94. The molecule has 0 atom stereocenters. The summed E-state index contributed by atoms with van der Waals surface area (Å²) in [7, 11) is -3.40. The van der Waals surface area contributed by atoms with E-state index >= 15 is 0 Å². The molecule has 0 saturated heterocycles. The summed E-state index contributed by atoms with van der Waals surface area (Å²) >= 11 is 0. The lowest BCUT2D eigenvalue weighted by Crippen LogP contribution is -2.36. The molecule has 0 spiro atoms. The lowest BCUT2D eigenvalue weighted by molar-refractivity contribution is 0.306. The van der Waals surface area contributed by atoms with Crippen LogP contribution in [0.25, 0.3) is 0 Å². The first-order valence-corrected chi connectivity index (χ1v) is 7.61. The first-order chi connectivity index (χ1) is 8.54. The molecule has 0 aromatic heterocycles. The van der Waals surface area contributed by atoms with Crippen molar-refractivity contribution in [1.29, 1.82) is 0 Å². The Balaban J connectivity index is 2.30. The minimum absolute atomic E-state index is 0.0449. The normalized spacial score (nSPS) is 15.6. The van der Waals surface area contributed by atoms with E-state index in [1.165, 1.54) is 4.31 Å². The van der Waals surface area contributed by atoms with Gasteiger partial charge in [0, 0.05) is 0 Å². The maximum Gasteiger partial charge on any atom is 0.235 e. The third-order valence-corrected chi connectivity index (χ3v) is 4.93. The maximum absolute atomic E-state index is 12.3. The number of hydrogen-bond acceptors (Lipinski definition) is 4. The SMILES string of the molecule is Nc1ccccc1N(CCO)S(=O)(=O)CC1CC1. The second-order valence-electron chi connectivity index (χ2n) is 4.58. The summed E-state index contributed by atoms with van der Waals surface area (Å²) in [6.07, 6.45) is 1.94. The first-order valence-electron chi connectivity index (χ1n) is 6.00. The van der Waals surface area contributed by atoms with Crippen molar-refractivity contribution in [1.82, 2.24) is 0 Å². The molecule has 1 aromatic rings. The van der Waals surface area contributed by atoms with E-state index in [1.54, 1.807) is 24.3 Å². The van der Waals surface area contributed by atoms with Gasteiger partial charge in [-0.1, -0.05) is 12.1 Å². The van der Waals surface area contributed by atoms with Crippen LogP contribution in [0.4, 0.5) is 11.4 Å². The molecule has 1 saturated carbocycles. The Hall–Kier alpha value is -1.27. The largest absolute Gasteiger partial charge is 0.397 e. The lowest BCUT2D eigenvalue weighted by Gasteiger charge is -2.24. The third-order valence-electron chi connectivity index (χ3n) is 2.99. The van der Waals surface area contributed by atoms with Gasteiger partial charge in [0.05, 0.1) is 30.3 Å². The highest BCUT2D eigenvalue weighted by atomic mass is 32.2. The van der Waals surface area contributed by atoms with Gasteiger partial charge < -0.3 is 10.8 Å². The lowest BCUT2D eigenvalue weighted by atomic mass is 10.3. The summed E-state index contributed by atoms with van der Waals surface area (Å²) in [6, 6.07) is 6.81. The van der Waals surface area contributed by atoms with Gasteiger partial charge in [-0.25, -0.2) is 8.42 Å². The van der Waals surface area contributed by atoms with E-state index in [0.717, 1.165) is 12.8 Å². The number of aliphatic hydroxyl groups is 1. The van der Waals surface area contributed by atoms with Gasteiger partial charge in [-0.3, -0.25) is 4.31 Å². The molecule has 0 bridgehead atoms. The van der Waals surface area contributed by atoms with Gasteiger partial charge in [0.15, 0.2) is 0 Å². The van der Waals surface area contributed by atoms with Gasteiger partial charge in [-0.2, -0.15) is 0 Å². The average molecular weight is 270 g/mol. The standard InChI is InChI=1S/C12H18N2O3S/c13-11-3-1-2-4-12(11)14(7-8-15)18(16,17)9-10-5-6-10/h1-4,10,15H,5-9,13H2. The van der Waals surface area contributed by atoms with Crippen molar-refractivity contribution in [3.63, 3.8) is 0 Å². The maximum atomic E-state index is 12.3. The molecule has 6 heteroatoms. The zero-order valence-electron chi connectivity index (χ0n) is 10.1. The monoisotopic (exact) mass is 270 g/mol. The zero-order valence-corrected chi connectivity index (χ0v) is 10.9. The van der Waals surface area contributed by atoms with E-state index in [9.17, 15) is 8.42 Å². The van der Waals surface area contributed by atoms with Crippen LogP contribution in [0.5, 0.6) is 0 Å². The van der Waals surface area contributed by atoms with Crippen molar-refractivity contribution in [3.8, 4) is 0 Å². The summed E-state index contributed by atoms with van der Waals surface area (Å²) in [6.45, 7) is -0.179. The molecular weight excluding hydrogens is 252 g/mol. The van der Waals surface area contributed by atoms with Gasteiger partial charge in [0.1, 0.15) is 0 Å². The average Bonchev–Trinajstić information content (AvgIpc) is 3.10. The predicted molar refractivity (Wildman–Crippen MR) is 71.8 cm³/mol. The van der Waals surface area contributed by atoms with E-state index in [1.807, 2.05) is 0 Å². The minimum Gasteiger partial charge on any atom is -0.397 e. The summed E-state index contributed by atoms with van der Waals surface area (Å²) < 4.78 is 25.8. The molecule has 18 heavy (non-hydrogen) atoms. The molecule has 0 heterocycles.